The monoisotopic (exact) mass is 362 g/mol. The Balaban J connectivity index is 1.78. The first-order valence-corrected chi connectivity index (χ1v) is 10.1. The number of aryl methyl sites for hydroxylation is 4. The van der Waals surface area contributed by atoms with Gasteiger partial charge in [0.1, 0.15) is 4.90 Å². The number of aromatic amines is 1. The molecule has 1 aliphatic heterocycles. The predicted molar refractivity (Wildman–Crippen MR) is 99.4 cm³/mol. The molecular formula is C18H26N4O2S. The number of sulfonamides is 1. The maximum atomic E-state index is 13.0. The molecule has 1 saturated heterocycles. The third kappa shape index (κ3) is 3.57. The third-order valence-electron chi connectivity index (χ3n) is 4.92. The van der Waals surface area contributed by atoms with Gasteiger partial charge < -0.3 is 5.32 Å². The number of aromatic nitrogens is 2. The molecule has 0 aliphatic carbocycles. The second-order valence-electron chi connectivity index (χ2n) is 6.91. The number of piperidine rings is 1. The summed E-state index contributed by atoms with van der Waals surface area (Å²) in [6.07, 6.45) is 1.81. The Morgan fingerprint density at radius 1 is 1.20 bits per heavy atom. The number of H-pyrrole nitrogens is 1. The van der Waals surface area contributed by atoms with Crippen molar-refractivity contribution in [2.45, 2.75) is 51.5 Å². The van der Waals surface area contributed by atoms with Gasteiger partial charge in [0.25, 0.3) is 0 Å². The summed E-state index contributed by atoms with van der Waals surface area (Å²) >= 11 is 0. The second-order valence-corrected chi connectivity index (χ2v) is 8.78. The minimum atomic E-state index is -3.52. The van der Waals surface area contributed by atoms with Crippen molar-refractivity contribution in [3.8, 4) is 0 Å². The van der Waals surface area contributed by atoms with Crippen LogP contribution in [-0.4, -0.2) is 42.1 Å². The fourth-order valence-corrected chi connectivity index (χ4v) is 5.25. The van der Waals surface area contributed by atoms with E-state index < -0.39 is 10.0 Å². The molecule has 0 spiro atoms. The van der Waals surface area contributed by atoms with E-state index in [1.165, 1.54) is 11.1 Å². The molecule has 2 aromatic rings. The van der Waals surface area contributed by atoms with Gasteiger partial charge in [-0.25, -0.2) is 8.42 Å². The first-order chi connectivity index (χ1) is 11.8. The number of anilines is 1. The molecule has 0 radical (unpaired) electrons. The first kappa shape index (κ1) is 17.9. The van der Waals surface area contributed by atoms with Gasteiger partial charge in [-0.1, -0.05) is 6.07 Å². The zero-order chi connectivity index (χ0) is 18.2. The minimum absolute atomic E-state index is 0.109. The molecule has 3 rings (SSSR count). The quantitative estimate of drug-likeness (QED) is 0.877. The van der Waals surface area contributed by atoms with Gasteiger partial charge in [-0.15, -0.1) is 0 Å². The van der Waals surface area contributed by atoms with Crippen molar-refractivity contribution in [1.29, 1.82) is 0 Å². The van der Waals surface area contributed by atoms with Crippen LogP contribution in [0.5, 0.6) is 0 Å². The van der Waals surface area contributed by atoms with Crippen molar-refractivity contribution in [3.05, 3.63) is 40.7 Å². The highest BCUT2D eigenvalue weighted by molar-refractivity contribution is 7.89. The van der Waals surface area contributed by atoms with E-state index in [2.05, 4.69) is 47.6 Å². The standard InChI is InChI=1S/C18H26N4O2S/c1-12-7-8-16(10-13(12)2)19-17-6-5-9-22(11-17)25(23,24)18-14(3)20-21-15(18)4/h7-8,10,17,19H,5-6,9,11H2,1-4H3,(H,20,21). The van der Waals surface area contributed by atoms with Crippen LogP contribution >= 0.6 is 0 Å². The van der Waals surface area contributed by atoms with E-state index in [1.54, 1.807) is 18.2 Å². The van der Waals surface area contributed by atoms with E-state index >= 15 is 0 Å². The molecule has 6 nitrogen and oxygen atoms in total. The van der Waals surface area contributed by atoms with Gasteiger partial charge in [0.2, 0.25) is 10.0 Å². The van der Waals surface area contributed by atoms with Crippen LogP contribution in [0.3, 0.4) is 0 Å². The van der Waals surface area contributed by atoms with Crippen molar-refractivity contribution < 1.29 is 8.42 Å². The summed E-state index contributed by atoms with van der Waals surface area (Å²) in [5.41, 5.74) is 4.66. The topological polar surface area (TPSA) is 78.1 Å². The maximum absolute atomic E-state index is 13.0. The van der Waals surface area contributed by atoms with Crippen LogP contribution in [0.1, 0.15) is 35.4 Å². The third-order valence-corrected chi connectivity index (χ3v) is 7.05. The minimum Gasteiger partial charge on any atom is -0.381 e. The Morgan fingerprint density at radius 2 is 1.96 bits per heavy atom. The average Bonchev–Trinajstić information content (AvgIpc) is 2.91. The molecule has 2 N–H and O–H groups in total. The van der Waals surface area contributed by atoms with E-state index in [9.17, 15) is 8.42 Å². The van der Waals surface area contributed by atoms with Crippen LogP contribution in [0.2, 0.25) is 0 Å². The lowest BCUT2D eigenvalue weighted by Gasteiger charge is -2.33. The zero-order valence-electron chi connectivity index (χ0n) is 15.3. The van der Waals surface area contributed by atoms with Gasteiger partial charge in [0.15, 0.2) is 0 Å². The van der Waals surface area contributed by atoms with Crippen molar-refractivity contribution in [3.63, 3.8) is 0 Å². The number of hydrogen-bond acceptors (Lipinski definition) is 4. The van der Waals surface area contributed by atoms with Crippen molar-refractivity contribution in [2.75, 3.05) is 18.4 Å². The fraction of sp³-hybridized carbons (Fsp3) is 0.500. The van der Waals surface area contributed by atoms with E-state index in [-0.39, 0.29) is 6.04 Å². The van der Waals surface area contributed by atoms with Gasteiger partial charge in [-0.2, -0.15) is 9.40 Å². The van der Waals surface area contributed by atoms with Crippen LogP contribution in [-0.2, 0) is 10.0 Å². The molecule has 7 heteroatoms. The smallest absolute Gasteiger partial charge is 0.246 e. The summed E-state index contributed by atoms with van der Waals surface area (Å²) in [5.74, 6) is 0. The lowest BCUT2D eigenvalue weighted by molar-refractivity contribution is 0.327. The lowest BCUT2D eigenvalue weighted by Crippen LogP contribution is -2.45. The Kier molecular flexibility index (Phi) is 4.88. The molecule has 2 heterocycles. The molecule has 136 valence electrons. The number of benzene rings is 1. The zero-order valence-corrected chi connectivity index (χ0v) is 16.1. The van der Waals surface area contributed by atoms with Gasteiger partial charge in [0, 0.05) is 24.8 Å². The molecule has 1 aromatic heterocycles. The summed E-state index contributed by atoms with van der Waals surface area (Å²) in [5, 5.41) is 10.3. The molecular weight excluding hydrogens is 336 g/mol. The lowest BCUT2D eigenvalue weighted by atomic mass is 10.1. The van der Waals surface area contributed by atoms with E-state index in [0.717, 1.165) is 18.5 Å². The van der Waals surface area contributed by atoms with Gasteiger partial charge in [0.05, 0.1) is 11.4 Å². The highest BCUT2D eigenvalue weighted by atomic mass is 32.2. The molecule has 1 unspecified atom stereocenters. The number of nitrogens with zero attached hydrogens (tertiary/aromatic N) is 2. The Labute approximate surface area is 149 Å². The Hall–Kier alpha value is -1.86. The molecule has 1 aliphatic rings. The number of nitrogens with one attached hydrogen (secondary N) is 2. The summed E-state index contributed by atoms with van der Waals surface area (Å²) in [6.45, 7) is 8.68. The van der Waals surface area contributed by atoms with Crippen LogP contribution in [0.25, 0.3) is 0 Å². The van der Waals surface area contributed by atoms with Crippen molar-refractivity contribution in [2.24, 2.45) is 0 Å². The van der Waals surface area contributed by atoms with Crippen LogP contribution < -0.4 is 5.32 Å². The Bertz CT molecular complexity index is 854. The first-order valence-electron chi connectivity index (χ1n) is 8.64. The average molecular weight is 362 g/mol. The van der Waals surface area contributed by atoms with Gasteiger partial charge in [-0.05, 0) is 63.8 Å². The van der Waals surface area contributed by atoms with Gasteiger partial charge >= 0.3 is 0 Å². The summed E-state index contributed by atoms with van der Waals surface area (Å²) < 4.78 is 27.6. The summed E-state index contributed by atoms with van der Waals surface area (Å²) in [7, 11) is -3.52. The van der Waals surface area contributed by atoms with Gasteiger partial charge in [-0.3, -0.25) is 5.10 Å². The van der Waals surface area contributed by atoms with Crippen LogP contribution in [0.4, 0.5) is 5.69 Å². The molecule has 25 heavy (non-hydrogen) atoms. The second kappa shape index (κ2) is 6.80. The van der Waals surface area contributed by atoms with Crippen molar-refractivity contribution >= 4 is 15.7 Å². The molecule has 0 saturated carbocycles. The molecule has 0 amide bonds. The van der Waals surface area contributed by atoms with E-state index in [1.807, 2.05) is 0 Å². The normalized spacial score (nSPS) is 19.1. The number of rotatable bonds is 4. The number of hydrogen-bond donors (Lipinski definition) is 2. The fourth-order valence-electron chi connectivity index (χ4n) is 3.40. The maximum Gasteiger partial charge on any atom is 0.246 e. The Morgan fingerprint density at radius 3 is 2.60 bits per heavy atom. The van der Waals surface area contributed by atoms with E-state index in [4.69, 9.17) is 0 Å². The predicted octanol–water partition coefficient (Wildman–Crippen LogP) is 2.91. The summed E-state index contributed by atoms with van der Waals surface area (Å²) in [6, 6.07) is 6.37. The molecule has 1 aromatic carbocycles. The SMILES string of the molecule is Cc1ccc(NC2CCCN(S(=O)(=O)c3c(C)n[nH]c3C)C2)cc1C. The largest absolute Gasteiger partial charge is 0.381 e. The molecule has 1 atom stereocenters. The van der Waals surface area contributed by atoms with Crippen LogP contribution in [0, 0.1) is 27.7 Å². The summed E-state index contributed by atoms with van der Waals surface area (Å²) in [4.78, 5) is 0.319. The highest BCUT2D eigenvalue weighted by Crippen LogP contribution is 2.26. The van der Waals surface area contributed by atoms with Crippen LogP contribution in [0.15, 0.2) is 23.1 Å². The van der Waals surface area contributed by atoms with E-state index in [0.29, 0.717) is 29.4 Å². The molecule has 0 bridgehead atoms. The molecule has 1 fully saturated rings. The highest BCUT2D eigenvalue weighted by Gasteiger charge is 2.33. The van der Waals surface area contributed by atoms with Crippen molar-refractivity contribution in [1.82, 2.24) is 14.5 Å².